The highest BCUT2D eigenvalue weighted by molar-refractivity contribution is 5.91. The second kappa shape index (κ2) is 13.8. The first-order valence-electron chi connectivity index (χ1n) is 11.7. The molecule has 0 amide bonds. The van der Waals surface area contributed by atoms with Crippen LogP contribution < -0.4 is 14.0 Å². The molecule has 0 saturated carbocycles. The van der Waals surface area contributed by atoms with Crippen LogP contribution in [-0.4, -0.2) is 25.2 Å². The Morgan fingerprint density at radius 2 is 1.29 bits per heavy atom. The lowest BCUT2D eigenvalue weighted by molar-refractivity contribution is -0.671. The molecule has 0 fully saturated rings. The molecule has 0 saturated heterocycles. The number of hydrogen-bond donors (Lipinski definition) is 0. The Kier molecular flexibility index (Phi) is 10.1. The first-order chi connectivity index (χ1) is 16.6. The standard InChI is InChI=1S/C28H32NO5/c1-29-19-11-14-24(22-29)27(30)33-21-10-5-3-2-4-9-20-32-25-15-17-26(18-16-25)34-28(31)23-12-7-6-8-13-23/h6-8,11-19,22H,2-5,9-10,20-21H2,1H3/q+1. The summed E-state index contributed by atoms with van der Waals surface area (Å²) in [7, 11) is 1.88. The number of unbranched alkanes of at least 4 members (excludes halogenated alkanes) is 5. The molecule has 0 aliphatic rings. The smallest absolute Gasteiger partial charge is 0.344 e. The average Bonchev–Trinajstić information content (AvgIpc) is 2.86. The zero-order valence-corrected chi connectivity index (χ0v) is 19.7. The van der Waals surface area contributed by atoms with Crippen molar-refractivity contribution in [3.8, 4) is 11.5 Å². The predicted molar refractivity (Wildman–Crippen MR) is 129 cm³/mol. The van der Waals surface area contributed by atoms with Crippen LogP contribution in [0.1, 0.15) is 59.2 Å². The molecule has 0 unspecified atom stereocenters. The van der Waals surface area contributed by atoms with Crippen LogP contribution in [-0.2, 0) is 11.8 Å². The SMILES string of the molecule is C[n+]1cccc(C(=O)OCCCCCCCCOc2ccc(OC(=O)c3ccccc3)cc2)c1. The summed E-state index contributed by atoms with van der Waals surface area (Å²) in [4.78, 5) is 24.1. The van der Waals surface area contributed by atoms with Crippen molar-refractivity contribution >= 4 is 11.9 Å². The van der Waals surface area contributed by atoms with E-state index < -0.39 is 0 Å². The van der Waals surface area contributed by atoms with Crippen LogP contribution in [0.25, 0.3) is 0 Å². The first-order valence-corrected chi connectivity index (χ1v) is 11.7. The van der Waals surface area contributed by atoms with Crippen molar-refractivity contribution < 1.29 is 28.4 Å². The molecule has 0 atom stereocenters. The molecule has 2 aromatic carbocycles. The second-order valence-corrected chi connectivity index (χ2v) is 8.09. The molecule has 6 nitrogen and oxygen atoms in total. The van der Waals surface area contributed by atoms with E-state index in [9.17, 15) is 9.59 Å². The number of carbonyl (C=O) groups is 2. The van der Waals surface area contributed by atoms with Gasteiger partial charge < -0.3 is 14.2 Å². The minimum absolute atomic E-state index is 0.268. The van der Waals surface area contributed by atoms with Gasteiger partial charge >= 0.3 is 11.9 Å². The molecule has 0 N–H and O–H groups in total. The molecule has 0 spiro atoms. The van der Waals surface area contributed by atoms with Gasteiger partial charge in [0.2, 0.25) is 0 Å². The Bertz CT molecular complexity index is 1030. The number of hydrogen-bond acceptors (Lipinski definition) is 5. The van der Waals surface area contributed by atoms with E-state index in [1.54, 1.807) is 48.7 Å². The molecule has 1 aromatic heterocycles. The Morgan fingerprint density at radius 1 is 0.676 bits per heavy atom. The van der Waals surface area contributed by atoms with Gasteiger partial charge in [-0.15, -0.1) is 0 Å². The zero-order chi connectivity index (χ0) is 24.0. The zero-order valence-electron chi connectivity index (χ0n) is 19.7. The highest BCUT2D eigenvalue weighted by Gasteiger charge is 2.10. The summed E-state index contributed by atoms with van der Waals surface area (Å²) in [6.45, 7) is 1.10. The van der Waals surface area contributed by atoms with Crippen molar-refractivity contribution in [1.82, 2.24) is 0 Å². The number of esters is 2. The fraction of sp³-hybridized carbons (Fsp3) is 0.321. The third kappa shape index (κ3) is 8.70. The van der Waals surface area contributed by atoms with E-state index in [4.69, 9.17) is 14.2 Å². The second-order valence-electron chi connectivity index (χ2n) is 8.09. The van der Waals surface area contributed by atoms with Gasteiger partial charge in [0.15, 0.2) is 12.4 Å². The number of aryl methyl sites for hydroxylation is 1. The predicted octanol–water partition coefficient (Wildman–Crippen LogP) is 5.31. The fourth-order valence-electron chi connectivity index (χ4n) is 3.40. The summed E-state index contributed by atoms with van der Waals surface area (Å²) < 4.78 is 18.3. The molecule has 0 aliphatic heterocycles. The van der Waals surface area contributed by atoms with Crippen LogP contribution in [0.4, 0.5) is 0 Å². The van der Waals surface area contributed by atoms with Crippen molar-refractivity contribution in [3.63, 3.8) is 0 Å². The summed E-state index contributed by atoms with van der Waals surface area (Å²) in [6.07, 6.45) is 9.86. The van der Waals surface area contributed by atoms with E-state index >= 15 is 0 Å². The van der Waals surface area contributed by atoms with Gasteiger partial charge in [0, 0.05) is 6.07 Å². The van der Waals surface area contributed by atoms with Crippen molar-refractivity contribution in [1.29, 1.82) is 0 Å². The molecule has 0 radical (unpaired) electrons. The van der Waals surface area contributed by atoms with E-state index in [0.717, 1.165) is 44.3 Å². The normalized spacial score (nSPS) is 10.5. The monoisotopic (exact) mass is 462 g/mol. The summed E-state index contributed by atoms with van der Waals surface area (Å²) in [5, 5.41) is 0. The van der Waals surface area contributed by atoms with Gasteiger partial charge in [-0.2, -0.15) is 0 Å². The van der Waals surface area contributed by atoms with Gasteiger partial charge in [-0.3, -0.25) is 0 Å². The first kappa shape index (κ1) is 25.0. The Morgan fingerprint density at radius 3 is 2.00 bits per heavy atom. The van der Waals surface area contributed by atoms with Gasteiger partial charge in [-0.25, -0.2) is 14.2 Å². The molecule has 0 aliphatic carbocycles. The van der Waals surface area contributed by atoms with Crippen LogP contribution in [0, 0.1) is 0 Å². The van der Waals surface area contributed by atoms with E-state index in [1.165, 1.54) is 0 Å². The van der Waals surface area contributed by atoms with Crippen LogP contribution in [0.2, 0.25) is 0 Å². The third-order valence-electron chi connectivity index (χ3n) is 5.26. The van der Waals surface area contributed by atoms with Crippen molar-refractivity contribution in [2.24, 2.45) is 7.05 Å². The number of aromatic nitrogens is 1. The average molecular weight is 463 g/mol. The van der Waals surface area contributed by atoms with Crippen LogP contribution >= 0.6 is 0 Å². The minimum atomic E-state index is -0.377. The lowest BCUT2D eigenvalue weighted by atomic mass is 10.1. The van der Waals surface area contributed by atoms with Crippen LogP contribution in [0.5, 0.6) is 11.5 Å². The molecule has 6 heteroatoms. The van der Waals surface area contributed by atoms with Crippen molar-refractivity contribution in [2.75, 3.05) is 13.2 Å². The third-order valence-corrected chi connectivity index (χ3v) is 5.26. The Balaban J connectivity index is 1.20. The van der Waals surface area contributed by atoms with Gasteiger partial charge in [0.05, 0.1) is 18.8 Å². The number of nitrogens with zero attached hydrogens (tertiary/aromatic N) is 1. The molecule has 3 aromatic rings. The van der Waals surface area contributed by atoms with E-state index in [2.05, 4.69) is 0 Å². The topological polar surface area (TPSA) is 65.7 Å². The Labute approximate surface area is 201 Å². The Hall–Kier alpha value is -3.67. The molecule has 178 valence electrons. The van der Waals surface area contributed by atoms with E-state index in [1.807, 2.05) is 42.1 Å². The largest absolute Gasteiger partial charge is 0.494 e. The van der Waals surface area contributed by atoms with Gasteiger partial charge in [0.1, 0.15) is 24.1 Å². The molecular weight excluding hydrogens is 430 g/mol. The molecular formula is C28H32NO5+. The number of benzene rings is 2. The number of carbonyl (C=O) groups excluding carboxylic acids is 2. The highest BCUT2D eigenvalue weighted by atomic mass is 16.5. The fourth-order valence-corrected chi connectivity index (χ4v) is 3.40. The summed E-state index contributed by atoms with van der Waals surface area (Å²) in [5.41, 5.74) is 1.10. The van der Waals surface area contributed by atoms with Gasteiger partial charge in [-0.1, -0.05) is 43.9 Å². The number of pyridine rings is 1. The molecule has 0 bridgehead atoms. The lowest BCUT2D eigenvalue weighted by Crippen LogP contribution is -2.28. The molecule has 3 rings (SSSR count). The summed E-state index contributed by atoms with van der Waals surface area (Å²) >= 11 is 0. The highest BCUT2D eigenvalue weighted by Crippen LogP contribution is 2.19. The number of rotatable bonds is 13. The maximum absolute atomic E-state index is 12.1. The maximum Gasteiger partial charge on any atom is 0.344 e. The quantitative estimate of drug-likeness (QED) is 0.149. The van der Waals surface area contributed by atoms with Crippen LogP contribution in [0.3, 0.4) is 0 Å². The van der Waals surface area contributed by atoms with Gasteiger partial charge in [0.25, 0.3) is 0 Å². The van der Waals surface area contributed by atoms with Crippen LogP contribution in [0.15, 0.2) is 79.1 Å². The minimum Gasteiger partial charge on any atom is -0.494 e. The van der Waals surface area contributed by atoms with E-state index in [-0.39, 0.29) is 11.9 Å². The maximum atomic E-state index is 12.1. The summed E-state index contributed by atoms with van der Waals surface area (Å²) in [5.74, 6) is 0.603. The summed E-state index contributed by atoms with van der Waals surface area (Å²) in [6, 6.07) is 19.6. The van der Waals surface area contributed by atoms with E-state index in [0.29, 0.717) is 30.1 Å². The van der Waals surface area contributed by atoms with Crippen molar-refractivity contribution in [3.05, 3.63) is 90.3 Å². The lowest BCUT2D eigenvalue weighted by Gasteiger charge is -2.08. The molecule has 1 heterocycles. The number of ether oxygens (including phenoxy) is 3. The van der Waals surface area contributed by atoms with Crippen molar-refractivity contribution in [2.45, 2.75) is 38.5 Å². The van der Waals surface area contributed by atoms with Gasteiger partial charge in [-0.05, 0) is 55.3 Å². The molecule has 34 heavy (non-hydrogen) atoms.